The molecule has 1 fully saturated rings. The molecule has 4 nitrogen and oxygen atoms in total. The van der Waals surface area contributed by atoms with Crippen LogP contribution < -0.4 is 4.74 Å². The molecule has 1 unspecified atom stereocenters. The summed E-state index contributed by atoms with van der Waals surface area (Å²) in [6, 6.07) is 3.41. The van der Waals surface area contributed by atoms with Crippen LogP contribution >= 0.6 is 11.6 Å². The fourth-order valence-electron chi connectivity index (χ4n) is 2.53. The Hall–Kier alpha value is -0.970. The van der Waals surface area contributed by atoms with Crippen LogP contribution in [0.15, 0.2) is 12.1 Å². The number of hydrogen-bond donors (Lipinski definition) is 1. The van der Waals surface area contributed by atoms with E-state index in [0.29, 0.717) is 23.4 Å². The van der Waals surface area contributed by atoms with Crippen LogP contribution in [0, 0.1) is 0 Å². The first kappa shape index (κ1) is 15.4. The van der Waals surface area contributed by atoms with E-state index in [-0.39, 0.29) is 5.75 Å². The summed E-state index contributed by atoms with van der Waals surface area (Å²) in [6.45, 7) is 5.38. The van der Waals surface area contributed by atoms with E-state index < -0.39 is 0 Å². The van der Waals surface area contributed by atoms with Gasteiger partial charge in [0.15, 0.2) is 11.5 Å². The molecule has 0 aliphatic carbocycles. The van der Waals surface area contributed by atoms with Crippen molar-refractivity contribution in [2.75, 3.05) is 26.8 Å². The summed E-state index contributed by atoms with van der Waals surface area (Å²) in [5.74, 6) is 0.586. The number of ether oxygens (including phenoxy) is 2. The third kappa shape index (κ3) is 3.78. The average Bonchev–Trinajstić information content (AvgIpc) is 2.94. The van der Waals surface area contributed by atoms with E-state index in [1.165, 1.54) is 7.11 Å². The van der Waals surface area contributed by atoms with Crippen LogP contribution in [0.1, 0.15) is 25.3 Å². The summed E-state index contributed by atoms with van der Waals surface area (Å²) < 4.78 is 10.8. The first-order valence-corrected chi connectivity index (χ1v) is 7.41. The van der Waals surface area contributed by atoms with E-state index in [2.05, 4.69) is 11.8 Å². The van der Waals surface area contributed by atoms with Gasteiger partial charge in [0, 0.05) is 36.3 Å². The van der Waals surface area contributed by atoms with E-state index >= 15 is 0 Å². The van der Waals surface area contributed by atoms with Crippen LogP contribution in [0.5, 0.6) is 11.5 Å². The highest BCUT2D eigenvalue weighted by molar-refractivity contribution is 6.30. The van der Waals surface area contributed by atoms with Gasteiger partial charge in [0.05, 0.1) is 13.2 Å². The Morgan fingerprint density at radius 2 is 2.30 bits per heavy atom. The van der Waals surface area contributed by atoms with Crippen molar-refractivity contribution in [1.82, 2.24) is 4.90 Å². The van der Waals surface area contributed by atoms with Gasteiger partial charge < -0.3 is 14.6 Å². The number of hydrogen-bond acceptors (Lipinski definition) is 4. The van der Waals surface area contributed by atoms with E-state index in [9.17, 15) is 5.11 Å². The van der Waals surface area contributed by atoms with Gasteiger partial charge in [-0.15, -0.1) is 0 Å². The minimum absolute atomic E-state index is 0.169. The van der Waals surface area contributed by atoms with Gasteiger partial charge in [0.1, 0.15) is 0 Å². The quantitative estimate of drug-likeness (QED) is 0.876. The second-order valence-corrected chi connectivity index (χ2v) is 5.51. The average molecular weight is 300 g/mol. The van der Waals surface area contributed by atoms with Gasteiger partial charge in [-0.05, 0) is 25.5 Å². The van der Waals surface area contributed by atoms with Gasteiger partial charge >= 0.3 is 0 Å². The highest BCUT2D eigenvalue weighted by Crippen LogP contribution is 2.34. The number of halogens is 1. The van der Waals surface area contributed by atoms with Crippen LogP contribution in [0.2, 0.25) is 5.02 Å². The molecule has 1 saturated heterocycles. The number of nitrogens with zero attached hydrogens (tertiary/aromatic N) is 1. The minimum atomic E-state index is 0.169. The molecular weight excluding hydrogens is 278 g/mol. The number of phenolic OH excluding ortho intramolecular Hbond substituents is 1. The molecular formula is C15H22ClNO3. The standard InChI is InChI=1S/C15H22ClNO3/c1-3-17(10-13-5-4-6-20-13)9-11-7-12(16)8-14(19-2)15(11)18/h7-8,13,18H,3-6,9-10H2,1-2H3. The predicted octanol–water partition coefficient (Wildman–Crippen LogP) is 3.06. The van der Waals surface area contributed by atoms with Gasteiger partial charge in [-0.2, -0.15) is 0 Å². The van der Waals surface area contributed by atoms with Crippen LogP contribution in [0.3, 0.4) is 0 Å². The summed E-state index contributed by atoms with van der Waals surface area (Å²) in [6.07, 6.45) is 2.55. The lowest BCUT2D eigenvalue weighted by Crippen LogP contribution is -2.31. The molecule has 0 amide bonds. The van der Waals surface area contributed by atoms with E-state index in [0.717, 1.165) is 38.1 Å². The van der Waals surface area contributed by atoms with Gasteiger partial charge in [0.25, 0.3) is 0 Å². The molecule has 2 rings (SSSR count). The molecule has 1 aromatic rings. The number of likely N-dealkylation sites (N-methyl/N-ethyl adjacent to an activating group) is 1. The number of aromatic hydroxyl groups is 1. The van der Waals surface area contributed by atoms with Crippen molar-refractivity contribution < 1.29 is 14.6 Å². The van der Waals surface area contributed by atoms with E-state index in [1.807, 2.05) is 0 Å². The maximum atomic E-state index is 10.2. The lowest BCUT2D eigenvalue weighted by molar-refractivity contribution is 0.0722. The van der Waals surface area contributed by atoms with Crippen molar-refractivity contribution in [1.29, 1.82) is 0 Å². The number of benzene rings is 1. The van der Waals surface area contributed by atoms with Crippen LogP contribution in [0.25, 0.3) is 0 Å². The smallest absolute Gasteiger partial charge is 0.162 e. The van der Waals surface area contributed by atoms with Crippen molar-refractivity contribution in [2.45, 2.75) is 32.4 Å². The minimum Gasteiger partial charge on any atom is -0.504 e. The number of phenols is 1. The largest absolute Gasteiger partial charge is 0.504 e. The van der Waals surface area contributed by atoms with E-state index in [4.69, 9.17) is 21.1 Å². The van der Waals surface area contributed by atoms with Gasteiger partial charge in [0.2, 0.25) is 0 Å². The molecule has 0 radical (unpaired) electrons. The lowest BCUT2D eigenvalue weighted by atomic mass is 10.1. The third-order valence-electron chi connectivity index (χ3n) is 3.67. The summed E-state index contributed by atoms with van der Waals surface area (Å²) in [7, 11) is 1.53. The van der Waals surface area contributed by atoms with E-state index in [1.54, 1.807) is 12.1 Å². The highest BCUT2D eigenvalue weighted by atomic mass is 35.5. The molecule has 1 atom stereocenters. The zero-order chi connectivity index (χ0) is 14.5. The lowest BCUT2D eigenvalue weighted by Gasteiger charge is -2.24. The van der Waals surface area contributed by atoms with Gasteiger partial charge in [-0.3, -0.25) is 4.90 Å². The van der Waals surface area contributed by atoms with Crippen LogP contribution in [-0.2, 0) is 11.3 Å². The summed E-state index contributed by atoms with van der Waals surface area (Å²) in [5.41, 5.74) is 0.786. The second kappa shape index (κ2) is 7.16. The number of methoxy groups -OCH3 is 1. The molecule has 0 bridgehead atoms. The zero-order valence-electron chi connectivity index (χ0n) is 12.1. The Bertz CT molecular complexity index is 447. The molecule has 20 heavy (non-hydrogen) atoms. The first-order chi connectivity index (χ1) is 9.63. The molecule has 5 heteroatoms. The molecule has 1 heterocycles. The first-order valence-electron chi connectivity index (χ1n) is 7.03. The summed E-state index contributed by atoms with van der Waals surface area (Å²) in [4.78, 5) is 2.25. The van der Waals surface area contributed by atoms with Gasteiger partial charge in [-0.25, -0.2) is 0 Å². The van der Waals surface area contributed by atoms with Crippen molar-refractivity contribution in [3.05, 3.63) is 22.7 Å². The van der Waals surface area contributed by atoms with Crippen LogP contribution in [-0.4, -0.2) is 42.9 Å². The molecule has 1 N–H and O–H groups in total. The predicted molar refractivity (Wildman–Crippen MR) is 79.6 cm³/mol. The topological polar surface area (TPSA) is 41.9 Å². The summed E-state index contributed by atoms with van der Waals surface area (Å²) in [5, 5.41) is 10.7. The maximum Gasteiger partial charge on any atom is 0.162 e. The molecule has 1 aromatic carbocycles. The van der Waals surface area contributed by atoms with Gasteiger partial charge in [-0.1, -0.05) is 18.5 Å². The zero-order valence-corrected chi connectivity index (χ0v) is 12.8. The molecule has 0 aromatic heterocycles. The Morgan fingerprint density at radius 3 is 2.90 bits per heavy atom. The fraction of sp³-hybridized carbons (Fsp3) is 0.600. The van der Waals surface area contributed by atoms with Crippen molar-refractivity contribution in [3.8, 4) is 11.5 Å². The fourth-order valence-corrected chi connectivity index (χ4v) is 2.76. The molecule has 112 valence electrons. The monoisotopic (exact) mass is 299 g/mol. The van der Waals surface area contributed by atoms with Crippen molar-refractivity contribution >= 4 is 11.6 Å². The third-order valence-corrected chi connectivity index (χ3v) is 3.88. The Labute approximate surface area is 125 Å². The Morgan fingerprint density at radius 1 is 1.50 bits per heavy atom. The van der Waals surface area contributed by atoms with Crippen LogP contribution in [0.4, 0.5) is 0 Å². The molecule has 0 saturated carbocycles. The van der Waals surface area contributed by atoms with Crippen molar-refractivity contribution in [2.24, 2.45) is 0 Å². The van der Waals surface area contributed by atoms with Crippen molar-refractivity contribution in [3.63, 3.8) is 0 Å². The molecule has 1 aliphatic heterocycles. The Balaban J connectivity index is 2.08. The maximum absolute atomic E-state index is 10.2. The Kier molecular flexibility index (Phi) is 5.52. The summed E-state index contributed by atoms with van der Waals surface area (Å²) >= 11 is 6.06. The molecule has 1 aliphatic rings. The number of rotatable bonds is 6. The normalized spacial score (nSPS) is 18.7. The SMILES string of the molecule is CCN(Cc1cc(Cl)cc(OC)c1O)CC1CCCO1. The second-order valence-electron chi connectivity index (χ2n) is 5.08. The highest BCUT2D eigenvalue weighted by Gasteiger charge is 2.20. The molecule has 0 spiro atoms.